The van der Waals surface area contributed by atoms with Gasteiger partial charge in [0.05, 0.1) is 5.60 Å². The fourth-order valence-corrected chi connectivity index (χ4v) is 2.46. The lowest BCUT2D eigenvalue weighted by atomic mass is 9.92. The highest BCUT2D eigenvalue weighted by Gasteiger charge is 2.25. The quantitative estimate of drug-likeness (QED) is 0.734. The van der Waals surface area contributed by atoms with Crippen LogP contribution in [-0.2, 0) is 0 Å². The second-order valence-electron chi connectivity index (χ2n) is 6.29. The van der Waals surface area contributed by atoms with Gasteiger partial charge in [0.15, 0.2) is 0 Å². The Hall–Kier alpha value is -0.900. The first kappa shape index (κ1) is 18.1. The third-order valence-electron chi connectivity index (χ3n) is 4.50. The molecule has 21 heavy (non-hydrogen) atoms. The minimum atomic E-state index is -0.662. The van der Waals surface area contributed by atoms with E-state index in [1.807, 2.05) is 6.92 Å². The molecule has 0 aliphatic heterocycles. The molecule has 0 fully saturated rings. The predicted molar refractivity (Wildman–Crippen MR) is 90.4 cm³/mol. The number of hydrogen-bond donors (Lipinski definition) is 2. The van der Waals surface area contributed by atoms with Gasteiger partial charge in [0.25, 0.3) is 0 Å². The number of nitrogens with zero attached hydrogens (tertiary/aromatic N) is 1. The number of aliphatic hydroxyl groups is 1. The summed E-state index contributed by atoms with van der Waals surface area (Å²) in [7, 11) is 0. The normalized spacial score (nSPS) is 16.2. The fraction of sp³-hybridized carbons (Fsp3) is 0.667. The molecular weight excluding hydrogens is 260 g/mol. The van der Waals surface area contributed by atoms with Crippen molar-refractivity contribution >= 4 is 0 Å². The number of benzene rings is 1. The summed E-state index contributed by atoms with van der Waals surface area (Å²) >= 11 is 0. The largest absolute Gasteiger partial charge is 0.389 e. The molecule has 0 saturated carbocycles. The van der Waals surface area contributed by atoms with Gasteiger partial charge in [0, 0.05) is 19.1 Å². The van der Waals surface area contributed by atoms with Crippen LogP contribution < -0.4 is 5.32 Å². The van der Waals surface area contributed by atoms with Crippen molar-refractivity contribution in [1.82, 2.24) is 10.2 Å². The van der Waals surface area contributed by atoms with Crippen LogP contribution in [0.25, 0.3) is 0 Å². The Morgan fingerprint density at radius 3 is 2.19 bits per heavy atom. The summed E-state index contributed by atoms with van der Waals surface area (Å²) in [5, 5.41) is 13.8. The summed E-state index contributed by atoms with van der Waals surface area (Å²) in [5.74, 6) is 0.244. The first-order valence-corrected chi connectivity index (χ1v) is 8.14. The first-order valence-electron chi connectivity index (χ1n) is 8.14. The van der Waals surface area contributed by atoms with Gasteiger partial charge in [0.1, 0.15) is 0 Å². The molecule has 0 amide bonds. The zero-order valence-electron chi connectivity index (χ0n) is 14.3. The molecule has 0 radical (unpaired) electrons. The van der Waals surface area contributed by atoms with Crippen molar-refractivity contribution in [2.75, 3.05) is 26.2 Å². The molecule has 0 bridgehead atoms. The smallest absolute Gasteiger partial charge is 0.0766 e. The van der Waals surface area contributed by atoms with Gasteiger partial charge in [-0.1, -0.05) is 58.0 Å². The molecule has 0 saturated heterocycles. The van der Waals surface area contributed by atoms with Gasteiger partial charge < -0.3 is 10.4 Å². The van der Waals surface area contributed by atoms with Crippen molar-refractivity contribution in [3.05, 3.63) is 35.9 Å². The topological polar surface area (TPSA) is 35.5 Å². The molecule has 0 heterocycles. The van der Waals surface area contributed by atoms with Crippen LogP contribution in [0, 0.1) is 5.92 Å². The SMILES string of the molecule is CCN(CC)C(CNCC(C)(O)C(C)C)c1ccccc1. The highest BCUT2D eigenvalue weighted by Crippen LogP contribution is 2.20. The fourth-order valence-electron chi connectivity index (χ4n) is 2.46. The van der Waals surface area contributed by atoms with E-state index in [2.05, 4.69) is 68.2 Å². The molecule has 120 valence electrons. The standard InChI is InChI=1S/C18H32N2O/c1-6-20(7-2)17(16-11-9-8-10-12-16)13-19-14-18(5,21)15(3)4/h8-12,15,17,19,21H,6-7,13-14H2,1-5H3. The van der Waals surface area contributed by atoms with Crippen molar-refractivity contribution < 1.29 is 5.11 Å². The van der Waals surface area contributed by atoms with Gasteiger partial charge >= 0.3 is 0 Å². The van der Waals surface area contributed by atoms with Gasteiger partial charge in [-0.05, 0) is 31.5 Å². The molecule has 1 rings (SSSR count). The summed E-state index contributed by atoms with van der Waals surface area (Å²) in [6.45, 7) is 13.9. The van der Waals surface area contributed by atoms with Crippen LogP contribution in [0.3, 0.4) is 0 Å². The van der Waals surface area contributed by atoms with Crippen LogP contribution in [0.4, 0.5) is 0 Å². The highest BCUT2D eigenvalue weighted by molar-refractivity contribution is 5.19. The Kier molecular flexibility index (Phi) is 7.36. The zero-order chi connectivity index (χ0) is 15.9. The molecule has 2 unspecified atom stereocenters. The van der Waals surface area contributed by atoms with Crippen molar-refractivity contribution in [3.8, 4) is 0 Å². The minimum absolute atomic E-state index is 0.244. The highest BCUT2D eigenvalue weighted by atomic mass is 16.3. The van der Waals surface area contributed by atoms with Crippen molar-refractivity contribution in [2.24, 2.45) is 5.92 Å². The maximum absolute atomic E-state index is 10.4. The maximum Gasteiger partial charge on any atom is 0.0766 e. The first-order chi connectivity index (χ1) is 9.92. The van der Waals surface area contributed by atoms with E-state index in [0.717, 1.165) is 19.6 Å². The molecule has 0 aliphatic rings. The van der Waals surface area contributed by atoms with Crippen LogP contribution in [0.5, 0.6) is 0 Å². The molecule has 1 aromatic carbocycles. The zero-order valence-corrected chi connectivity index (χ0v) is 14.3. The van der Waals surface area contributed by atoms with E-state index in [-0.39, 0.29) is 5.92 Å². The molecular formula is C18H32N2O. The molecule has 0 aromatic heterocycles. The molecule has 1 aromatic rings. The molecule has 3 heteroatoms. The third-order valence-corrected chi connectivity index (χ3v) is 4.50. The lowest BCUT2D eigenvalue weighted by molar-refractivity contribution is 0.0127. The van der Waals surface area contributed by atoms with E-state index in [1.54, 1.807) is 0 Å². The average Bonchev–Trinajstić information content (AvgIpc) is 2.47. The third kappa shape index (κ3) is 5.42. The molecule has 2 atom stereocenters. The Morgan fingerprint density at radius 2 is 1.71 bits per heavy atom. The molecule has 2 N–H and O–H groups in total. The van der Waals surface area contributed by atoms with E-state index in [1.165, 1.54) is 5.56 Å². The monoisotopic (exact) mass is 292 g/mol. The van der Waals surface area contributed by atoms with Crippen molar-refractivity contribution in [3.63, 3.8) is 0 Å². The molecule has 0 aliphatic carbocycles. The number of nitrogens with one attached hydrogen (secondary N) is 1. The van der Waals surface area contributed by atoms with E-state index >= 15 is 0 Å². The number of rotatable bonds is 9. The summed E-state index contributed by atoms with van der Waals surface area (Å²) < 4.78 is 0. The Morgan fingerprint density at radius 1 is 1.14 bits per heavy atom. The van der Waals surface area contributed by atoms with Crippen LogP contribution in [0.15, 0.2) is 30.3 Å². The predicted octanol–water partition coefficient (Wildman–Crippen LogP) is 3.07. The van der Waals surface area contributed by atoms with E-state index in [4.69, 9.17) is 0 Å². The van der Waals surface area contributed by atoms with E-state index < -0.39 is 5.60 Å². The Bertz CT molecular complexity index is 385. The molecule has 0 spiro atoms. The minimum Gasteiger partial charge on any atom is -0.389 e. The van der Waals surface area contributed by atoms with Gasteiger partial charge in [-0.15, -0.1) is 0 Å². The number of likely N-dealkylation sites (N-methyl/N-ethyl adjacent to an activating group) is 1. The van der Waals surface area contributed by atoms with Crippen LogP contribution in [-0.4, -0.2) is 41.8 Å². The maximum atomic E-state index is 10.4. The number of hydrogen-bond acceptors (Lipinski definition) is 3. The summed E-state index contributed by atoms with van der Waals surface area (Å²) in [6.07, 6.45) is 0. The Balaban J connectivity index is 2.71. The van der Waals surface area contributed by atoms with Crippen molar-refractivity contribution in [1.29, 1.82) is 0 Å². The second kappa shape index (κ2) is 8.52. The van der Waals surface area contributed by atoms with Crippen molar-refractivity contribution in [2.45, 2.75) is 46.3 Å². The van der Waals surface area contributed by atoms with Gasteiger partial charge in [-0.2, -0.15) is 0 Å². The summed E-state index contributed by atoms with van der Waals surface area (Å²) in [5.41, 5.74) is 0.669. The van der Waals surface area contributed by atoms with Gasteiger partial charge in [-0.3, -0.25) is 4.90 Å². The van der Waals surface area contributed by atoms with Gasteiger partial charge in [0.2, 0.25) is 0 Å². The van der Waals surface area contributed by atoms with Gasteiger partial charge in [-0.25, -0.2) is 0 Å². The van der Waals surface area contributed by atoms with E-state index in [0.29, 0.717) is 12.6 Å². The van der Waals surface area contributed by atoms with Crippen LogP contribution in [0.2, 0.25) is 0 Å². The average molecular weight is 292 g/mol. The van der Waals surface area contributed by atoms with Crippen LogP contribution >= 0.6 is 0 Å². The lowest BCUT2D eigenvalue weighted by Gasteiger charge is -2.33. The summed E-state index contributed by atoms with van der Waals surface area (Å²) in [6, 6.07) is 11.0. The lowest BCUT2D eigenvalue weighted by Crippen LogP contribution is -2.45. The summed E-state index contributed by atoms with van der Waals surface area (Å²) in [4.78, 5) is 2.45. The Labute approximate surface area is 130 Å². The van der Waals surface area contributed by atoms with E-state index in [9.17, 15) is 5.11 Å². The molecule has 3 nitrogen and oxygen atoms in total. The van der Waals surface area contributed by atoms with Crippen LogP contribution in [0.1, 0.15) is 46.2 Å². The second-order valence-corrected chi connectivity index (χ2v) is 6.29.